The summed E-state index contributed by atoms with van der Waals surface area (Å²) in [4.78, 5) is 0. The van der Waals surface area contributed by atoms with Crippen LogP contribution in [0.2, 0.25) is 19.6 Å². The quantitative estimate of drug-likeness (QED) is 0.719. The molecule has 0 saturated heterocycles. The Morgan fingerprint density at radius 2 is 1.93 bits per heavy atom. The van der Waals surface area contributed by atoms with Crippen molar-refractivity contribution in [1.82, 2.24) is 0 Å². The lowest BCUT2D eigenvalue weighted by Gasteiger charge is -2.10. The minimum absolute atomic E-state index is 0.977. The molecule has 0 N–H and O–H groups in total. The van der Waals surface area contributed by atoms with Gasteiger partial charge in [-0.2, -0.15) is 0 Å². The molecule has 0 spiro atoms. The fourth-order valence-electron chi connectivity index (χ4n) is 1.40. The van der Waals surface area contributed by atoms with Crippen LogP contribution in [0.4, 0.5) is 0 Å². The lowest BCUT2D eigenvalue weighted by Crippen LogP contribution is -2.36. The third-order valence-electron chi connectivity index (χ3n) is 2.24. The van der Waals surface area contributed by atoms with E-state index in [-0.39, 0.29) is 0 Å². The van der Waals surface area contributed by atoms with Crippen LogP contribution in [0.3, 0.4) is 0 Å². The van der Waals surface area contributed by atoms with Gasteiger partial charge in [-0.3, -0.25) is 0 Å². The zero-order chi connectivity index (χ0) is 10.3. The Labute approximate surface area is 93.3 Å². The Bertz CT molecular complexity index is 468. The summed E-state index contributed by atoms with van der Waals surface area (Å²) in [6.07, 6.45) is 0. The summed E-state index contributed by atoms with van der Waals surface area (Å²) >= 11 is 3.50. The second-order valence-electron chi connectivity index (χ2n) is 4.52. The van der Waals surface area contributed by atoms with Crippen molar-refractivity contribution in [1.29, 1.82) is 0 Å². The second-order valence-corrected chi connectivity index (χ2v) is 10.4. The van der Waals surface area contributed by atoms with E-state index < -0.39 is 8.07 Å². The minimum Gasteiger partial charge on any atom is -0.465 e. The molecule has 0 fully saturated rings. The molecule has 1 aromatic carbocycles. The summed E-state index contributed by atoms with van der Waals surface area (Å²) in [5.41, 5.74) is 0.977. The van der Waals surface area contributed by atoms with Crippen molar-refractivity contribution < 1.29 is 4.42 Å². The van der Waals surface area contributed by atoms with Gasteiger partial charge in [0.05, 0.1) is 9.86 Å². The molecule has 1 aromatic heterocycles. The normalized spacial score (nSPS) is 12.3. The number of fused-ring (bicyclic) bond motifs is 1. The van der Waals surface area contributed by atoms with Gasteiger partial charge in [-0.1, -0.05) is 31.8 Å². The van der Waals surface area contributed by atoms with Crippen molar-refractivity contribution >= 4 is 40.4 Å². The van der Waals surface area contributed by atoms with Crippen LogP contribution in [-0.2, 0) is 0 Å². The van der Waals surface area contributed by atoms with E-state index in [1.54, 1.807) is 0 Å². The smallest absolute Gasteiger partial charge is 0.147 e. The van der Waals surface area contributed by atoms with Crippen LogP contribution in [-0.4, -0.2) is 8.07 Å². The number of furan rings is 1. The number of hydrogen-bond acceptors (Lipinski definition) is 1. The predicted octanol–water partition coefficient (Wildman–Crippen LogP) is 3.74. The Morgan fingerprint density at radius 1 is 1.21 bits per heavy atom. The zero-order valence-corrected chi connectivity index (χ0v) is 11.2. The maximum atomic E-state index is 5.88. The van der Waals surface area contributed by atoms with Crippen LogP contribution in [0.25, 0.3) is 11.0 Å². The summed E-state index contributed by atoms with van der Waals surface area (Å²) in [5.74, 6) is 0. The van der Waals surface area contributed by atoms with Gasteiger partial charge in [0.15, 0.2) is 0 Å². The Hall–Kier alpha value is -0.543. The van der Waals surface area contributed by atoms with Crippen LogP contribution in [0, 0.1) is 0 Å². The molecule has 0 atom stereocenters. The molecular formula is C11H13BrOSi. The first-order chi connectivity index (χ1) is 6.48. The van der Waals surface area contributed by atoms with Gasteiger partial charge in [-0.15, -0.1) is 0 Å². The van der Waals surface area contributed by atoms with Gasteiger partial charge in [0, 0.05) is 5.39 Å². The topological polar surface area (TPSA) is 13.1 Å². The standard InChI is InChI=1S/C11H13BrOSi/c1-14(2,3)10-7-8-5-4-6-9(12)11(8)13-10/h4-7H,1-3H3. The van der Waals surface area contributed by atoms with Gasteiger partial charge in [0.2, 0.25) is 0 Å². The molecule has 0 bridgehead atoms. The average Bonchev–Trinajstić information content (AvgIpc) is 2.48. The highest BCUT2D eigenvalue weighted by molar-refractivity contribution is 9.10. The molecule has 2 rings (SSSR count). The van der Waals surface area contributed by atoms with E-state index >= 15 is 0 Å². The average molecular weight is 269 g/mol. The third kappa shape index (κ3) is 1.66. The summed E-state index contributed by atoms with van der Waals surface area (Å²) < 4.78 is 6.92. The Balaban J connectivity index is 2.69. The molecule has 0 saturated carbocycles. The SMILES string of the molecule is C[Si](C)(C)c1cc2cccc(Br)c2o1. The van der Waals surface area contributed by atoms with Crippen molar-refractivity contribution in [2.75, 3.05) is 0 Å². The van der Waals surface area contributed by atoms with Crippen LogP contribution >= 0.6 is 15.9 Å². The number of halogens is 1. The van der Waals surface area contributed by atoms with Crippen molar-refractivity contribution in [3.63, 3.8) is 0 Å². The van der Waals surface area contributed by atoms with E-state index in [4.69, 9.17) is 4.42 Å². The van der Waals surface area contributed by atoms with Crippen LogP contribution in [0.15, 0.2) is 33.2 Å². The third-order valence-corrected chi connectivity index (χ3v) is 4.58. The lowest BCUT2D eigenvalue weighted by atomic mass is 10.3. The van der Waals surface area contributed by atoms with E-state index in [0.29, 0.717) is 0 Å². The van der Waals surface area contributed by atoms with Gasteiger partial charge in [0.1, 0.15) is 13.7 Å². The van der Waals surface area contributed by atoms with Crippen molar-refractivity contribution in [2.24, 2.45) is 0 Å². The van der Waals surface area contributed by atoms with Gasteiger partial charge in [0.25, 0.3) is 0 Å². The van der Waals surface area contributed by atoms with Crippen LogP contribution < -0.4 is 5.38 Å². The molecule has 1 heterocycles. The molecule has 0 aliphatic rings. The van der Waals surface area contributed by atoms with Crippen LogP contribution in [0.5, 0.6) is 0 Å². The van der Waals surface area contributed by atoms with Gasteiger partial charge in [-0.25, -0.2) is 0 Å². The van der Waals surface area contributed by atoms with E-state index in [2.05, 4.69) is 47.7 Å². The summed E-state index contributed by atoms with van der Waals surface area (Å²) in [5, 5.41) is 2.36. The monoisotopic (exact) mass is 268 g/mol. The highest BCUT2D eigenvalue weighted by atomic mass is 79.9. The molecule has 2 aromatic rings. The van der Waals surface area contributed by atoms with Gasteiger partial charge >= 0.3 is 0 Å². The van der Waals surface area contributed by atoms with Crippen molar-refractivity contribution in [3.8, 4) is 0 Å². The molecule has 0 radical (unpaired) electrons. The maximum Gasteiger partial charge on any atom is 0.147 e. The summed E-state index contributed by atoms with van der Waals surface area (Å²) in [7, 11) is -1.33. The zero-order valence-electron chi connectivity index (χ0n) is 8.60. The largest absolute Gasteiger partial charge is 0.465 e. The van der Waals surface area contributed by atoms with Crippen LogP contribution in [0.1, 0.15) is 0 Å². The molecular weight excluding hydrogens is 256 g/mol. The van der Waals surface area contributed by atoms with E-state index in [0.717, 1.165) is 10.1 Å². The van der Waals surface area contributed by atoms with Crippen molar-refractivity contribution in [3.05, 3.63) is 28.7 Å². The highest BCUT2D eigenvalue weighted by Gasteiger charge is 2.21. The highest BCUT2D eigenvalue weighted by Crippen LogP contribution is 2.24. The first-order valence-corrected chi connectivity index (χ1v) is 8.96. The minimum atomic E-state index is -1.33. The second kappa shape index (κ2) is 3.24. The molecule has 14 heavy (non-hydrogen) atoms. The first-order valence-electron chi connectivity index (χ1n) is 4.67. The number of hydrogen-bond donors (Lipinski definition) is 0. The Kier molecular flexibility index (Phi) is 2.31. The maximum absolute atomic E-state index is 5.88. The molecule has 1 nitrogen and oxygen atoms in total. The number of rotatable bonds is 1. The fourth-order valence-corrected chi connectivity index (χ4v) is 2.86. The summed E-state index contributed by atoms with van der Waals surface area (Å²) in [6.45, 7) is 6.87. The molecule has 0 aliphatic carbocycles. The number of benzene rings is 1. The fraction of sp³-hybridized carbons (Fsp3) is 0.273. The molecule has 0 aliphatic heterocycles. The van der Waals surface area contributed by atoms with E-state index in [1.165, 1.54) is 10.8 Å². The first kappa shape index (κ1) is 9.99. The summed E-state index contributed by atoms with van der Waals surface area (Å²) in [6, 6.07) is 8.31. The van der Waals surface area contributed by atoms with Gasteiger partial charge in [-0.05, 0) is 28.1 Å². The van der Waals surface area contributed by atoms with E-state index in [1.807, 2.05) is 12.1 Å². The molecule has 0 unspecified atom stereocenters. The lowest BCUT2D eigenvalue weighted by molar-refractivity contribution is 0.646. The van der Waals surface area contributed by atoms with Gasteiger partial charge < -0.3 is 4.42 Å². The van der Waals surface area contributed by atoms with Crippen molar-refractivity contribution in [2.45, 2.75) is 19.6 Å². The van der Waals surface area contributed by atoms with E-state index in [9.17, 15) is 0 Å². The molecule has 3 heteroatoms. The number of para-hydroxylation sites is 1. The molecule has 0 amide bonds. The Morgan fingerprint density at radius 3 is 2.50 bits per heavy atom. The predicted molar refractivity (Wildman–Crippen MR) is 66.9 cm³/mol. The molecule has 74 valence electrons.